The summed E-state index contributed by atoms with van der Waals surface area (Å²) in [5.41, 5.74) is 0.781. The maximum atomic E-state index is 3.83. The Kier molecular flexibility index (Phi) is 6.13. The maximum Gasteiger partial charge on any atom is 0.0303 e. The van der Waals surface area contributed by atoms with Crippen molar-refractivity contribution in [2.24, 2.45) is 0 Å². The molecule has 0 radical (unpaired) electrons. The van der Waals surface area contributed by atoms with Gasteiger partial charge in [0.05, 0.1) is 0 Å². The first-order valence-corrected chi connectivity index (χ1v) is 8.12. The lowest BCUT2D eigenvalue weighted by Gasteiger charge is -2.46. The molecule has 108 valence electrons. The fraction of sp³-hybridized carbons (Fsp3) is 1.00. The third kappa shape index (κ3) is 3.08. The minimum Gasteiger partial charge on any atom is -0.310 e. The van der Waals surface area contributed by atoms with Crippen molar-refractivity contribution in [2.45, 2.75) is 84.2 Å². The highest BCUT2D eigenvalue weighted by Gasteiger charge is 2.38. The van der Waals surface area contributed by atoms with E-state index < -0.39 is 0 Å². The van der Waals surface area contributed by atoms with Gasteiger partial charge in [0.25, 0.3) is 0 Å². The molecule has 1 aliphatic rings. The Morgan fingerprint density at radius 2 is 1.56 bits per heavy atom. The average Bonchev–Trinajstić information content (AvgIpc) is 2.65. The molecule has 0 aromatic rings. The predicted molar refractivity (Wildman–Crippen MR) is 81.1 cm³/mol. The minimum absolute atomic E-state index is 0.348. The van der Waals surface area contributed by atoms with Gasteiger partial charge in [-0.1, -0.05) is 34.6 Å². The second-order valence-corrected chi connectivity index (χ2v) is 5.97. The normalized spacial score (nSPS) is 21.8. The molecule has 0 aliphatic carbocycles. The zero-order valence-electron chi connectivity index (χ0n) is 13.3. The lowest BCUT2D eigenvalue weighted by atomic mass is 9.84. The molecule has 1 aliphatic heterocycles. The molecule has 0 aromatic heterocycles. The van der Waals surface area contributed by atoms with E-state index in [1.807, 2.05) is 0 Å². The summed E-state index contributed by atoms with van der Waals surface area (Å²) in [6.45, 7) is 15.5. The fourth-order valence-corrected chi connectivity index (χ4v) is 3.67. The lowest BCUT2D eigenvalue weighted by Crippen LogP contribution is -2.56. The second kappa shape index (κ2) is 6.91. The Labute approximate surface area is 115 Å². The van der Waals surface area contributed by atoms with Crippen LogP contribution in [0.3, 0.4) is 0 Å². The molecule has 0 unspecified atom stereocenters. The van der Waals surface area contributed by atoms with E-state index in [1.54, 1.807) is 0 Å². The Balaban J connectivity index is 2.92. The van der Waals surface area contributed by atoms with Crippen molar-refractivity contribution in [3.63, 3.8) is 0 Å². The molecule has 1 saturated heterocycles. The zero-order chi connectivity index (χ0) is 13.6. The quantitative estimate of drug-likeness (QED) is 0.775. The molecule has 0 spiro atoms. The summed E-state index contributed by atoms with van der Waals surface area (Å²) < 4.78 is 0. The molecule has 0 saturated carbocycles. The van der Waals surface area contributed by atoms with E-state index in [0.717, 1.165) is 0 Å². The fourth-order valence-electron chi connectivity index (χ4n) is 3.67. The van der Waals surface area contributed by atoms with Crippen LogP contribution in [0.5, 0.6) is 0 Å². The smallest absolute Gasteiger partial charge is 0.0303 e. The van der Waals surface area contributed by atoms with E-state index in [0.29, 0.717) is 11.1 Å². The van der Waals surface area contributed by atoms with Gasteiger partial charge in [-0.3, -0.25) is 4.90 Å². The van der Waals surface area contributed by atoms with Gasteiger partial charge in [-0.25, -0.2) is 0 Å². The number of nitrogens with one attached hydrogen (secondary N) is 1. The zero-order valence-corrected chi connectivity index (χ0v) is 13.3. The molecule has 1 heterocycles. The summed E-state index contributed by atoms with van der Waals surface area (Å²) in [5, 5.41) is 3.83. The van der Waals surface area contributed by atoms with Gasteiger partial charge in [0.15, 0.2) is 0 Å². The first-order valence-electron chi connectivity index (χ1n) is 8.12. The monoisotopic (exact) mass is 254 g/mol. The van der Waals surface area contributed by atoms with Gasteiger partial charge in [-0.05, 0) is 51.6 Å². The molecule has 1 fully saturated rings. The van der Waals surface area contributed by atoms with Crippen molar-refractivity contribution in [3.05, 3.63) is 0 Å². The number of rotatable bonds is 6. The first-order chi connectivity index (χ1) is 8.62. The van der Waals surface area contributed by atoms with Crippen LogP contribution in [0.2, 0.25) is 0 Å². The van der Waals surface area contributed by atoms with Gasteiger partial charge in [0, 0.05) is 17.6 Å². The summed E-state index contributed by atoms with van der Waals surface area (Å²) in [4.78, 5) is 2.81. The highest BCUT2D eigenvalue weighted by atomic mass is 15.2. The van der Waals surface area contributed by atoms with E-state index in [2.05, 4.69) is 44.8 Å². The van der Waals surface area contributed by atoms with Crippen molar-refractivity contribution >= 4 is 0 Å². The van der Waals surface area contributed by atoms with Crippen molar-refractivity contribution in [1.29, 1.82) is 0 Å². The molecule has 18 heavy (non-hydrogen) atoms. The van der Waals surface area contributed by atoms with Crippen LogP contribution in [0.1, 0.15) is 73.1 Å². The topological polar surface area (TPSA) is 15.3 Å². The van der Waals surface area contributed by atoms with Crippen LogP contribution >= 0.6 is 0 Å². The molecule has 1 N–H and O–H groups in total. The molecular weight excluding hydrogens is 220 g/mol. The van der Waals surface area contributed by atoms with Crippen LogP contribution in [-0.4, -0.2) is 35.6 Å². The molecule has 2 nitrogen and oxygen atoms in total. The summed E-state index contributed by atoms with van der Waals surface area (Å²) in [6.07, 6.45) is 7.63. The van der Waals surface area contributed by atoms with Crippen molar-refractivity contribution < 1.29 is 0 Å². The van der Waals surface area contributed by atoms with E-state index >= 15 is 0 Å². The standard InChI is InChI=1S/C16H34N2/c1-6-15(7-2)14-18(13-11-12-17-15)16(8-3,9-4)10-5/h17H,6-14H2,1-5H3. The second-order valence-electron chi connectivity index (χ2n) is 5.97. The number of hydrogen-bond acceptors (Lipinski definition) is 2. The number of nitrogens with zero attached hydrogens (tertiary/aromatic N) is 1. The molecule has 1 rings (SSSR count). The maximum absolute atomic E-state index is 3.83. The summed E-state index contributed by atoms with van der Waals surface area (Å²) in [7, 11) is 0. The van der Waals surface area contributed by atoms with Gasteiger partial charge in [-0.2, -0.15) is 0 Å². The van der Waals surface area contributed by atoms with E-state index in [4.69, 9.17) is 0 Å². The minimum atomic E-state index is 0.348. The molecule has 2 heteroatoms. The van der Waals surface area contributed by atoms with Crippen LogP contribution in [0.15, 0.2) is 0 Å². The first kappa shape index (κ1) is 16.0. The average molecular weight is 254 g/mol. The highest BCUT2D eigenvalue weighted by molar-refractivity contribution is 4.97. The van der Waals surface area contributed by atoms with Crippen molar-refractivity contribution in [2.75, 3.05) is 19.6 Å². The van der Waals surface area contributed by atoms with Crippen LogP contribution < -0.4 is 5.32 Å². The van der Waals surface area contributed by atoms with Crippen LogP contribution in [-0.2, 0) is 0 Å². The van der Waals surface area contributed by atoms with Crippen molar-refractivity contribution in [1.82, 2.24) is 10.2 Å². The Morgan fingerprint density at radius 3 is 2.00 bits per heavy atom. The van der Waals surface area contributed by atoms with Gasteiger partial charge in [0.2, 0.25) is 0 Å². The Morgan fingerprint density at radius 1 is 1.00 bits per heavy atom. The van der Waals surface area contributed by atoms with Crippen LogP contribution in [0.25, 0.3) is 0 Å². The third-order valence-electron chi connectivity index (χ3n) is 5.60. The molecule has 0 aromatic carbocycles. The predicted octanol–water partition coefficient (Wildman–Crippen LogP) is 3.81. The number of hydrogen-bond donors (Lipinski definition) is 1. The molecular formula is C16H34N2. The van der Waals surface area contributed by atoms with E-state index in [9.17, 15) is 0 Å². The van der Waals surface area contributed by atoms with Crippen molar-refractivity contribution in [3.8, 4) is 0 Å². The van der Waals surface area contributed by atoms with Gasteiger partial charge in [-0.15, -0.1) is 0 Å². The highest BCUT2D eigenvalue weighted by Crippen LogP contribution is 2.32. The molecule has 0 bridgehead atoms. The Bertz CT molecular complexity index is 221. The van der Waals surface area contributed by atoms with E-state index in [1.165, 1.54) is 58.2 Å². The van der Waals surface area contributed by atoms with Gasteiger partial charge >= 0.3 is 0 Å². The molecule has 0 amide bonds. The summed E-state index contributed by atoms with van der Waals surface area (Å²) in [6, 6.07) is 0. The van der Waals surface area contributed by atoms with Crippen LogP contribution in [0, 0.1) is 0 Å². The van der Waals surface area contributed by atoms with Gasteiger partial charge < -0.3 is 5.32 Å². The van der Waals surface area contributed by atoms with E-state index in [-0.39, 0.29) is 0 Å². The third-order valence-corrected chi connectivity index (χ3v) is 5.60. The SMILES string of the molecule is CCC1(CC)CN(C(CC)(CC)CC)CCCN1. The largest absolute Gasteiger partial charge is 0.310 e. The van der Waals surface area contributed by atoms with Gasteiger partial charge in [0.1, 0.15) is 0 Å². The summed E-state index contributed by atoms with van der Waals surface area (Å²) >= 11 is 0. The lowest BCUT2D eigenvalue weighted by molar-refractivity contribution is 0.0516. The van der Waals surface area contributed by atoms with Crippen LogP contribution in [0.4, 0.5) is 0 Å². The summed E-state index contributed by atoms with van der Waals surface area (Å²) in [5.74, 6) is 0. The molecule has 0 atom stereocenters. The Hall–Kier alpha value is -0.0800.